The molecule has 102 valence electrons. The number of rotatable bonds is 2. The van der Waals surface area contributed by atoms with Gasteiger partial charge >= 0.3 is 0 Å². The molecule has 0 atom stereocenters. The van der Waals surface area contributed by atoms with Crippen LogP contribution in [-0.4, -0.2) is 29.1 Å². The number of hydrogen-bond acceptors (Lipinski definition) is 5. The van der Waals surface area contributed by atoms with Gasteiger partial charge in [0.1, 0.15) is 18.9 Å². The predicted octanol–water partition coefficient (Wildman–Crippen LogP) is 1.81. The number of aromatic nitrogens is 2. The average molecular weight is 271 g/mol. The van der Waals surface area contributed by atoms with Crippen LogP contribution in [0.3, 0.4) is 0 Å². The molecule has 1 N–H and O–H groups in total. The molecule has 3 rings (SSSR count). The van der Waals surface area contributed by atoms with Crippen molar-refractivity contribution in [3.05, 3.63) is 42.0 Å². The van der Waals surface area contributed by atoms with Gasteiger partial charge in [0.25, 0.3) is 5.91 Å². The number of carbonyl (C=O) groups is 1. The molecule has 0 radical (unpaired) electrons. The number of fused-ring (bicyclic) bond motifs is 1. The number of benzene rings is 1. The minimum Gasteiger partial charge on any atom is -0.486 e. The van der Waals surface area contributed by atoms with Crippen molar-refractivity contribution in [2.75, 3.05) is 18.5 Å². The van der Waals surface area contributed by atoms with Gasteiger partial charge < -0.3 is 14.8 Å². The Morgan fingerprint density at radius 2 is 1.95 bits per heavy atom. The van der Waals surface area contributed by atoms with Gasteiger partial charge in [-0.2, -0.15) is 0 Å². The summed E-state index contributed by atoms with van der Waals surface area (Å²) in [6.45, 7) is 2.94. The molecular formula is C14H13N3O3. The van der Waals surface area contributed by atoms with Crippen LogP contribution in [-0.2, 0) is 0 Å². The number of hydrogen-bond donors (Lipinski definition) is 1. The molecule has 0 aliphatic carbocycles. The third kappa shape index (κ3) is 2.40. The summed E-state index contributed by atoms with van der Waals surface area (Å²) in [5, 5.41) is 2.80. The molecule has 2 aromatic rings. The zero-order valence-corrected chi connectivity index (χ0v) is 10.9. The van der Waals surface area contributed by atoms with Gasteiger partial charge in [-0.3, -0.25) is 9.78 Å². The fourth-order valence-electron chi connectivity index (χ4n) is 1.93. The third-order valence-corrected chi connectivity index (χ3v) is 2.93. The molecule has 1 aliphatic heterocycles. The first-order valence-corrected chi connectivity index (χ1v) is 6.21. The Labute approximate surface area is 115 Å². The van der Waals surface area contributed by atoms with Crippen LogP contribution < -0.4 is 14.8 Å². The Bertz CT molecular complexity index is 644. The van der Waals surface area contributed by atoms with Crippen LogP contribution in [0.1, 0.15) is 16.1 Å². The first-order valence-electron chi connectivity index (χ1n) is 6.21. The zero-order valence-electron chi connectivity index (χ0n) is 10.9. The van der Waals surface area contributed by atoms with E-state index in [0.717, 1.165) is 5.56 Å². The van der Waals surface area contributed by atoms with Gasteiger partial charge in [0.15, 0.2) is 11.5 Å². The van der Waals surface area contributed by atoms with E-state index in [9.17, 15) is 4.79 Å². The Morgan fingerprint density at radius 1 is 1.20 bits per heavy atom. The molecule has 1 aromatic heterocycles. The molecule has 6 heteroatoms. The van der Waals surface area contributed by atoms with Gasteiger partial charge in [0.05, 0.1) is 6.20 Å². The van der Waals surface area contributed by atoms with Gasteiger partial charge in [-0.25, -0.2) is 4.98 Å². The molecule has 0 spiro atoms. The smallest absolute Gasteiger partial charge is 0.275 e. The summed E-state index contributed by atoms with van der Waals surface area (Å²) < 4.78 is 11.0. The standard InChI is InChI=1S/C14H13N3O3/c1-9-6-12-13(20-5-4-19-12)7-10(9)17-14(18)11-8-15-2-3-16-11/h2-3,6-8H,4-5H2,1H3,(H,17,18). The van der Waals surface area contributed by atoms with Gasteiger partial charge in [0.2, 0.25) is 0 Å². The van der Waals surface area contributed by atoms with Crippen molar-refractivity contribution in [2.45, 2.75) is 6.92 Å². The molecule has 0 unspecified atom stereocenters. The van der Waals surface area contributed by atoms with Gasteiger partial charge in [-0.15, -0.1) is 0 Å². The summed E-state index contributed by atoms with van der Waals surface area (Å²) in [4.78, 5) is 19.9. The van der Waals surface area contributed by atoms with Crippen molar-refractivity contribution in [2.24, 2.45) is 0 Å². The number of amides is 1. The lowest BCUT2D eigenvalue weighted by Gasteiger charge is -2.20. The van der Waals surface area contributed by atoms with Crippen LogP contribution in [0.15, 0.2) is 30.7 Å². The molecule has 0 saturated carbocycles. The average Bonchev–Trinajstić information content (AvgIpc) is 2.49. The van der Waals surface area contributed by atoms with Crippen molar-refractivity contribution in [3.8, 4) is 11.5 Å². The molecular weight excluding hydrogens is 258 g/mol. The quantitative estimate of drug-likeness (QED) is 0.901. The van der Waals surface area contributed by atoms with E-state index in [1.54, 1.807) is 6.07 Å². The highest BCUT2D eigenvalue weighted by Gasteiger charge is 2.16. The van der Waals surface area contributed by atoms with Crippen molar-refractivity contribution in [1.82, 2.24) is 9.97 Å². The summed E-state index contributed by atoms with van der Waals surface area (Å²) >= 11 is 0. The second-order valence-corrected chi connectivity index (χ2v) is 4.36. The maximum Gasteiger partial charge on any atom is 0.275 e. The first kappa shape index (κ1) is 12.4. The number of carbonyl (C=O) groups excluding carboxylic acids is 1. The van der Waals surface area contributed by atoms with E-state index in [2.05, 4.69) is 15.3 Å². The highest BCUT2D eigenvalue weighted by molar-refractivity contribution is 6.03. The van der Waals surface area contributed by atoms with Crippen molar-refractivity contribution >= 4 is 11.6 Å². The van der Waals surface area contributed by atoms with Crippen LogP contribution in [0.5, 0.6) is 11.5 Å². The lowest BCUT2D eigenvalue weighted by molar-refractivity contribution is 0.102. The Morgan fingerprint density at radius 3 is 2.65 bits per heavy atom. The molecule has 0 fully saturated rings. The summed E-state index contributed by atoms with van der Waals surface area (Å²) in [5.74, 6) is 1.03. The van der Waals surface area contributed by atoms with Gasteiger partial charge in [0, 0.05) is 24.1 Å². The van der Waals surface area contributed by atoms with E-state index in [4.69, 9.17) is 9.47 Å². The second kappa shape index (κ2) is 5.16. The number of nitrogens with one attached hydrogen (secondary N) is 1. The van der Waals surface area contributed by atoms with Crippen molar-refractivity contribution in [1.29, 1.82) is 0 Å². The lowest BCUT2D eigenvalue weighted by atomic mass is 10.1. The van der Waals surface area contributed by atoms with E-state index in [-0.39, 0.29) is 11.6 Å². The van der Waals surface area contributed by atoms with Crippen LogP contribution >= 0.6 is 0 Å². The van der Waals surface area contributed by atoms with Crippen molar-refractivity contribution in [3.63, 3.8) is 0 Å². The predicted molar refractivity (Wildman–Crippen MR) is 72.2 cm³/mol. The third-order valence-electron chi connectivity index (χ3n) is 2.93. The molecule has 1 aromatic carbocycles. The van der Waals surface area contributed by atoms with E-state index in [1.807, 2.05) is 13.0 Å². The maximum absolute atomic E-state index is 12.0. The number of anilines is 1. The monoisotopic (exact) mass is 271 g/mol. The molecule has 1 aliphatic rings. The van der Waals surface area contributed by atoms with Crippen LogP contribution in [0, 0.1) is 6.92 Å². The normalized spacial score (nSPS) is 12.8. The lowest BCUT2D eigenvalue weighted by Crippen LogP contribution is -2.17. The number of ether oxygens (including phenoxy) is 2. The molecule has 20 heavy (non-hydrogen) atoms. The Balaban J connectivity index is 1.86. The SMILES string of the molecule is Cc1cc2c(cc1NC(=O)c1cnccn1)OCCO2. The molecule has 2 heterocycles. The fourth-order valence-corrected chi connectivity index (χ4v) is 1.93. The number of aryl methyl sites for hydroxylation is 1. The molecule has 0 saturated heterocycles. The summed E-state index contributed by atoms with van der Waals surface area (Å²) in [7, 11) is 0. The van der Waals surface area contributed by atoms with E-state index in [0.29, 0.717) is 30.4 Å². The molecule has 0 bridgehead atoms. The van der Waals surface area contributed by atoms with Crippen molar-refractivity contribution < 1.29 is 14.3 Å². The Kier molecular flexibility index (Phi) is 3.20. The Hall–Kier alpha value is -2.63. The van der Waals surface area contributed by atoms with Crippen LogP contribution in [0.4, 0.5) is 5.69 Å². The summed E-state index contributed by atoms with van der Waals surface area (Å²) in [6, 6.07) is 3.61. The van der Waals surface area contributed by atoms with E-state index in [1.165, 1.54) is 18.6 Å². The first-order chi connectivity index (χ1) is 9.74. The molecule has 1 amide bonds. The van der Waals surface area contributed by atoms with Gasteiger partial charge in [-0.1, -0.05) is 0 Å². The second-order valence-electron chi connectivity index (χ2n) is 4.36. The van der Waals surface area contributed by atoms with Gasteiger partial charge in [-0.05, 0) is 18.6 Å². The number of nitrogens with zero attached hydrogens (tertiary/aromatic N) is 2. The van der Waals surface area contributed by atoms with Crippen LogP contribution in [0.2, 0.25) is 0 Å². The highest BCUT2D eigenvalue weighted by atomic mass is 16.6. The molecule has 6 nitrogen and oxygen atoms in total. The minimum atomic E-state index is -0.308. The van der Waals surface area contributed by atoms with Crippen LogP contribution in [0.25, 0.3) is 0 Å². The van der Waals surface area contributed by atoms with E-state index < -0.39 is 0 Å². The summed E-state index contributed by atoms with van der Waals surface area (Å²) in [5.41, 5.74) is 1.83. The highest BCUT2D eigenvalue weighted by Crippen LogP contribution is 2.35. The zero-order chi connectivity index (χ0) is 13.9. The maximum atomic E-state index is 12.0. The minimum absolute atomic E-state index is 0.266. The summed E-state index contributed by atoms with van der Waals surface area (Å²) in [6.07, 6.45) is 4.42. The fraction of sp³-hybridized carbons (Fsp3) is 0.214. The van der Waals surface area contributed by atoms with E-state index >= 15 is 0 Å². The largest absolute Gasteiger partial charge is 0.486 e. The topological polar surface area (TPSA) is 73.3 Å².